The van der Waals surface area contributed by atoms with E-state index in [1.165, 1.54) is 5.56 Å². The average molecular weight is 395 g/mol. The van der Waals surface area contributed by atoms with Crippen molar-refractivity contribution in [2.45, 2.75) is 39.5 Å². The van der Waals surface area contributed by atoms with E-state index in [0.717, 1.165) is 62.3 Å². The Balaban J connectivity index is 0.000000176. The van der Waals surface area contributed by atoms with Crippen molar-refractivity contribution in [3.8, 4) is 0 Å². The van der Waals surface area contributed by atoms with Gasteiger partial charge in [-0.05, 0) is 43.5 Å². The van der Waals surface area contributed by atoms with Crippen LogP contribution in [0.3, 0.4) is 0 Å². The Hall–Kier alpha value is -2.96. The van der Waals surface area contributed by atoms with Gasteiger partial charge in [0.1, 0.15) is 6.33 Å². The van der Waals surface area contributed by atoms with Crippen molar-refractivity contribution in [3.63, 3.8) is 0 Å². The summed E-state index contributed by atoms with van der Waals surface area (Å²) in [5.41, 5.74) is 4.39. The van der Waals surface area contributed by atoms with Gasteiger partial charge in [0.15, 0.2) is 5.65 Å². The molecule has 0 radical (unpaired) electrons. The Labute approximate surface area is 172 Å². The van der Waals surface area contributed by atoms with Gasteiger partial charge in [0.25, 0.3) is 0 Å². The van der Waals surface area contributed by atoms with Crippen LogP contribution in [0.1, 0.15) is 37.4 Å². The van der Waals surface area contributed by atoms with Gasteiger partial charge in [0, 0.05) is 45.0 Å². The molecule has 0 unspecified atom stereocenters. The molecule has 0 aliphatic carbocycles. The number of anilines is 1. The summed E-state index contributed by atoms with van der Waals surface area (Å²) in [7, 11) is 2.03. The van der Waals surface area contributed by atoms with Crippen molar-refractivity contribution in [1.29, 1.82) is 0 Å². The van der Waals surface area contributed by atoms with E-state index >= 15 is 0 Å². The third kappa shape index (κ3) is 5.53. The van der Waals surface area contributed by atoms with Gasteiger partial charge in [-0.25, -0.2) is 9.50 Å². The van der Waals surface area contributed by atoms with Crippen molar-refractivity contribution < 1.29 is 4.79 Å². The van der Waals surface area contributed by atoms with Crippen LogP contribution in [0.25, 0.3) is 5.65 Å². The van der Waals surface area contributed by atoms with E-state index in [-0.39, 0.29) is 0 Å². The molecule has 0 aromatic carbocycles. The molecule has 0 saturated carbocycles. The van der Waals surface area contributed by atoms with Gasteiger partial charge in [-0.15, -0.1) is 0 Å². The summed E-state index contributed by atoms with van der Waals surface area (Å²) in [6.07, 6.45) is 9.33. The number of carbonyl (C=O) groups is 1. The highest BCUT2D eigenvalue weighted by atomic mass is 16.2. The lowest BCUT2D eigenvalue weighted by atomic mass is 10.2. The zero-order valence-electron chi connectivity index (χ0n) is 17.6. The van der Waals surface area contributed by atoms with E-state index in [0.29, 0.717) is 5.91 Å². The Bertz CT molecular complexity index is 920. The molecule has 3 aromatic rings. The molecule has 0 atom stereocenters. The van der Waals surface area contributed by atoms with Crippen LogP contribution >= 0.6 is 0 Å². The second-order valence-electron chi connectivity index (χ2n) is 7.38. The van der Waals surface area contributed by atoms with Crippen LogP contribution in [0, 0.1) is 6.92 Å². The predicted octanol–water partition coefficient (Wildman–Crippen LogP) is 3.13. The summed E-state index contributed by atoms with van der Waals surface area (Å²) in [5.74, 6) is 0.292. The smallest absolute Gasteiger partial charge is 0.222 e. The molecule has 1 fully saturated rings. The van der Waals surface area contributed by atoms with Gasteiger partial charge in [-0.1, -0.05) is 19.4 Å². The number of aromatic nitrogens is 4. The van der Waals surface area contributed by atoms with E-state index in [9.17, 15) is 4.79 Å². The molecule has 1 aliphatic heterocycles. The number of aryl methyl sites for hydroxylation is 2. The quantitative estimate of drug-likeness (QED) is 0.643. The molecule has 1 saturated heterocycles. The van der Waals surface area contributed by atoms with Crippen molar-refractivity contribution in [1.82, 2.24) is 24.5 Å². The van der Waals surface area contributed by atoms with Crippen LogP contribution < -0.4 is 4.90 Å². The largest absolute Gasteiger partial charge is 0.372 e. The maximum absolute atomic E-state index is 11.5. The number of rotatable bonds is 6. The van der Waals surface area contributed by atoms with Gasteiger partial charge in [-0.2, -0.15) is 5.10 Å². The first-order chi connectivity index (χ1) is 14.1. The van der Waals surface area contributed by atoms with Crippen molar-refractivity contribution in [2.24, 2.45) is 0 Å². The Kier molecular flexibility index (Phi) is 7.16. The molecule has 7 nitrogen and oxygen atoms in total. The van der Waals surface area contributed by atoms with Gasteiger partial charge in [0.2, 0.25) is 5.91 Å². The molecule has 0 spiro atoms. The number of hydrogen-bond acceptors (Lipinski definition) is 5. The number of amides is 1. The molecule has 4 rings (SSSR count). The lowest BCUT2D eigenvalue weighted by molar-refractivity contribution is -0.127. The van der Waals surface area contributed by atoms with Gasteiger partial charge in [-0.3, -0.25) is 9.78 Å². The second kappa shape index (κ2) is 10.0. The molecule has 1 aliphatic rings. The molecule has 154 valence electrons. The Morgan fingerprint density at radius 1 is 1.21 bits per heavy atom. The molecule has 0 bridgehead atoms. The zero-order valence-corrected chi connectivity index (χ0v) is 17.6. The maximum atomic E-state index is 11.5. The van der Waals surface area contributed by atoms with E-state index in [4.69, 9.17) is 0 Å². The van der Waals surface area contributed by atoms with Crippen molar-refractivity contribution >= 4 is 17.2 Å². The summed E-state index contributed by atoms with van der Waals surface area (Å²) < 4.78 is 1.81. The van der Waals surface area contributed by atoms with E-state index < -0.39 is 0 Å². The summed E-state index contributed by atoms with van der Waals surface area (Å²) in [5, 5.41) is 4.07. The number of likely N-dealkylation sites (tertiary alicyclic amines) is 1. The van der Waals surface area contributed by atoms with Gasteiger partial charge < -0.3 is 9.80 Å². The SMILES string of the molecule is CCCc1cccn2ncnc12.Cc1ccc(N(C)CCN2CCCC2=O)cn1. The summed E-state index contributed by atoms with van der Waals surface area (Å²) in [4.78, 5) is 24.0. The molecule has 29 heavy (non-hydrogen) atoms. The number of carbonyl (C=O) groups excluding carboxylic acids is 1. The van der Waals surface area contributed by atoms with Crippen molar-refractivity contribution in [3.05, 3.63) is 54.2 Å². The standard InChI is InChI=1S/C13H19N3O.C9H11N3/c1-11-5-6-12(10-14-11)15(2)8-9-16-7-3-4-13(16)17;1-2-4-8-5-3-6-12-9(8)10-7-11-12/h5-6,10H,3-4,7-9H2,1-2H3;3,5-7H,2,4H2,1H3. The van der Waals surface area contributed by atoms with Gasteiger partial charge in [0.05, 0.1) is 11.9 Å². The highest BCUT2D eigenvalue weighted by Gasteiger charge is 2.19. The van der Waals surface area contributed by atoms with Crippen LogP contribution in [-0.2, 0) is 11.2 Å². The molecule has 4 heterocycles. The van der Waals surface area contributed by atoms with Crippen LogP contribution in [0.4, 0.5) is 5.69 Å². The van der Waals surface area contributed by atoms with Crippen LogP contribution in [0.15, 0.2) is 43.0 Å². The Morgan fingerprint density at radius 3 is 2.76 bits per heavy atom. The number of pyridine rings is 2. The molecule has 3 aromatic heterocycles. The number of hydrogen-bond donors (Lipinski definition) is 0. The number of nitrogens with zero attached hydrogens (tertiary/aromatic N) is 6. The summed E-state index contributed by atoms with van der Waals surface area (Å²) in [6, 6.07) is 8.18. The third-order valence-electron chi connectivity index (χ3n) is 5.12. The summed E-state index contributed by atoms with van der Waals surface area (Å²) >= 11 is 0. The second-order valence-corrected chi connectivity index (χ2v) is 7.38. The average Bonchev–Trinajstić information content (AvgIpc) is 3.37. The minimum absolute atomic E-state index is 0.292. The highest BCUT2D eigenvalue weighted by Crippen LogP contribution is 2.13. The van der Waals surface area contributed by atoms with Crippen LogP contribution in [0.5, 0.6) is 0 Å². The lowest BCUT2D eigenvalue weighted by Crippen LogP contribution is -2.34. The first-order valence-corrected chi connectivity index (χ1v) is 10.3. The van der Waals surface area contributed by atoms with E-state index in [1.807, 2.05) is 47.9 Å². The minimum Gasteiger partial charge on any atom is -0.372 e. The maximum Gasteiger partial charge on any atom is 0.222 e. The predicted molar refractivity (Wildman–Crippen MR) is 115 cm³/mol. The number of likely N-dealkylation sites (N-methyl/N-ethyl adjacent to an activating group) is 1. The fourth-order valence-electron chi connectivity index (χ4n) is 3.39. The molecule has 1 amide bonds. The topological polar surface area (TPSA) is 66.6 Å². The monoisotopic (exact) mass is 394 g/mol. The minimum atomic E-state index is 0.292. The molecular formula is C22H30N6O. The zero-order chi connectivity index (χ0) is 20.6. The molecule has 0 N–H and O–H groups in total. The lowest BCUT2D eigenvalue weighted by Gasteiger charge is -2.23. The molecule has 7 heteroatoms. The first kappa shape index (κ1) is 20.8. The fourth-order valence-corrected chi connectivity index (χ4v) is 3.39. The normalized spacial score (nSPS) is 13.5. The van der Waals surface area contributed by atoms with Crippen LogP contribution in [-0.4, -0.2) is 57.1 Å². The summed E-state index contributed by atoms with van der Waals surface area (Å²) in [6.45, 7) is 6.73. The van der Waals surface area contributed by atoms with E-state index in [1.54, 1.807) is 6.33 Å². The number of fused-ring (bicyclic) bond motifs is 1. The van der Waals surface area contributed by atoms with Crippen molar-refractivity contribution in [2.75, 3.05) is 31.6 Å². The first-order valence-electron chi connectivity index (χ1n) is 10.3. The fraction of sp³-hybridized carbons (Fsp3) is 0.455. The van der Waals surface area contributed by atoms with Gasteiger partial charge >= 0.3 is 0 Å². The third-order valence-corrected chi connectivity index (χ3v) is 5.12. The van der Waals surface area contributed by atoms with E-state index in [2.05, 4.69) is 39.0 Å². The highest BCUT2D eigenvalue weighted by molar-refractivity contribution is 5.78. The molecular weight excluding hydrogens is 364 g/mol. The Morgan fingerprint density at radius 2 is 2.07 bits per heavy atom. The van der Waals surface area contributed by atoms with Crippen LogP contribution in [0.2, 0.25) is 0 Å².